The van der Waals surface area contributed by atoms with Crippen LogP contribution >= 0.6 is 0 Å². The zero-order valence-electron chi connectivity index (χ0n) is 21.9. The van der Waals surface area contributed by atoms with Crippen molar-refractivity contribution in [1.29, 1.82) is 5.26 Å². The second-order valence-corrected chi connectivity index (χ2v) is 10.7. The standard InChI is InChI=1S/C28H26N2O9S/c1-34-21-9-8-19(24(27(21)35-2)28(31)36-3)25-26(39-25)20-13-23-22(37-15-38-23)12-17(20)10-11-30-40(32,33)18-6-4-16(14-29)5-7-18/h4-9,12-13,25-26,30H,10-11,15H2,1-3H3/t25-,26-/m1/s1. The number of esters is 1. The minimum atomic E-state index is -3.79. The van der Waals surface area contributed by atoms with E-state index in [1.165, 1.54) is 45.6 Å². The summed E-state index contributed by atoms with van der Waals surface area (Å²) < 4.78 is 61.2. The first-order chi connectivity index (χ1) is 19.3. The number of nitrogens with one attached hydrogen (secondary N) is 1. The van der Waals surface area contributed by atoms with Crippen molar-refractivity contribution in [1.82, 2.24) is 4.72 Å². The number of nitriles is 1. The Morgan fingerprint density at radius 2 is 1.70 bits per heavy atom. The molecular formula is C28H26N2O9S. The van der Waals surface area contributed by atoms with Gasteiger partial charge in [0.25, 0.3) is 0 Å². The van der Waals surface area contributed by atoms with Gasteiger partial charge in [-0.15, -0.1) is 0 Å². The number of fused-ring (bicyclic) bond motifs is 1. The molecule has 0 amide bonds. The van der Waals surface area contributed by atoms with Crippen LogP contribution in [0.25, 0.3) is 0 Å². The van der Waals surface area contributed by atoms with Crippen molar-refractivity contribution in [2.45, 2.75) is 23.5 Å². The molecule has 0 radical (unpaired) electrons. The number of hydrogen-bond acceptors (Lipinski definition) is 10. The first kappa shape index (κ1) is 27.3. The summed E-state index contributed by atoms with van der Waals surface area (Å²) in [6.07, 6.45) is -0.617. The fourth-order valence-corrected chi connectivity index (χ4v) is 5.70. The SMILES string of the molecule is COC(=O)c1c([C@H]2O[C@@H]2c2cc3c(cc2CCNS(=O)(=O)c2ccc(C#N)cc2)OCO3)ccc(OC)c1OC. The Bertz CT molecular complexity index is 1600. The van der Waals surface area contributed by atoms with Crippen molar-refractivity contribution in [3.63, 3.8) is 0 Å². The van der Waals surface area contributed by atoms with E-state index in [1.807, 2.05) is 18.2 Å². The van der Waals surface area contributed by atoms with Crippen molar-refractivity contribution >= 4 is 16.0 Å². The lowest BCUT2D eigenvalue weighted by molar-refractivity contribution is 0.0594. The lowest BCUT2D eigenvalue weighted by Gasteiger charge is -2.15. The molecule has 0 saturated carbocycles. The second kappa shape index (κ2) is 11.1. The number of epoxide rings is 1. The number of sulfonamides is 1. The van der Waals surface area contributed by atoms with Gasteiger partial charge in [0.05, 0.1) is 37.9 Å². The number of methoxy groups -OCH3 is 3. The summed E-state index contributed by atoms with van der Waals surface area (Å²) in [5.41, 5.74) is 2.71. The van der Waals surface area contributed by atoms with Crippen molar-refractivity contribution in [3.05, 3.63) is 76.3 Å². The predicted molar refractivity (Wildman–Crippen MR) is 140 cm³/mol. The van der Waals surface area contributed by atoms with Crippen molar-refractivity contribution in [2.75, 3.05) is 34.7 Å². The Balaban J connectivity index is 1.41. The third-order valence-electron chi connectivity index (χ3n) is 6.69. The minimum Gasteiger partial charge on any atom is -0.493 e. The number of benzene rings is 3. The average Bonchev–Trinajstić information content (AvgIpc) is 3.63. The summed E-state index contributed by atoms with van der Waals surface area (Å²) in [6, 6.07) is 14.7. The van der Waals surface area contributed by atoms with Gasteiger partial charge >= 0.3 is 5.97 Å². The van der Waals surface area contributed by atoms with Gasteiger partial charge in [-0.25, -0.2) is 17.9 Å². The highest BCUT2D eigenvalue weighted by molar-refractivity contribution is 7.89. The maximum atomic E-state index is 12.8. The highest BCUT2D eigenvalue weighted by Crippen LogP contribution is 2.56. The summed E-state index contributed by atoms with van der Waals surface area (Å²) in [4.78, 5) is 12.8. The molecule has 3 aromatic carbocycles. The van der Waals surface area contributed by atoms with E-state index in [0.717, 1.165) is 11.1 Å². The van der Waals surface area contributed by atoms with Crippen molar-refractivity contribution < 1.29 is 41.6 Å². The van der Waals surface area contributed by atoms with Crippen LogP contribution in [-0.2, 0) is 25.9 Å². The zero-order valence-corrected chi connectivity index (χ0v) is 22.7. The molecule has 0 bridgehead atoms. The van der Waals surface area contributed by atoms with E-state index in [-0.39, 0.29) is 29.5 Å². The summed E-state index contributed by atoms with van der Waals surface area (Å²) in [6.45, 7) is 0.163. The molecule has 12 heteroatoms. The monoisotopic (exact) mass is 566 g/mol. The smallest absolute Gasteiger partial charge is 0.342 e. The van der Waals surface area contributed by atoms with Crippen molar-refractivity contribution in [3.8, 4) is 29.1 Å². The molecular weight excluding hydrogens is 540 g/mol. The summed E-state index contributed by atoms with van der Waals surface area (Å²) >= 11 is 0. The number of nitrogens with zero attached hydrogens (tertiary/aromatic N) is 1. The summed E-state index contributed by atoms with van der Waals surface area (Å²) in [7, 11) is 0.403. The average molecular weight is 567 g/mol. The first-order valence-electron chi connectivity index (χ1n) is 12.2. The lowest BCUT2D eigenvalue weighted by atomic mass is 9.94. The highest BCUT2D eigenvalue weighted by Gasteiger charge is 2.46. The molecule has 1 saturated heterocycles. The highest BCUT2D eigenvalue weighted by atomic mass is 32.2. The number of ether oxygens (including phenoxy) is 6. The molecule has 208 valence electrons. The van der Waals surface area contributed by atoms with Crippen LogP contribution in [0, 0.1) is 11.3 Å². The van der Waals surface area contributed by atoms with E-state index in [9.17, 15) is 13.2 Å². The third kappa shape index (κ3) is 5.14. The molecule has 1 N–H and O–H groups in total. The molecule has 0 aromatic heterocycles. The van der Waals surface area contributed by atoms with Gasteiger partial charge in [-0.1, -0.05) is 6.07 Å². The van der Waals surface area contributed by atoms with Crippen LogP contribution in [0.3, 0.4) is 0 Å². The van der Waals surface area contributed by atoms with E-state index >= 15 is 0 Å². The molecule has 5 rings (SSSR count). The molecule has 2 heterocycles. The fraction of sp³-hybridized carbons (Fsp3) is 0.286. The van der Waals surface area contributed by atoms with Gasteiger partial charge < -0.3 is 28.4 Å². The fourth-order valence-electron chi connectivity index (χ4n) is 4.67. The van der Waals surface area contributed by atoms with Crippen LogP contribution in [0.1, 0.15) is 44.8 Å². The molecule has 2 aliphatic heterocycles. The van der Waals surface area contributed by atoms with Gasteiger partial charge in [0, 0.05) is 12.1 Å². The van der Waals surface area contributed by atoms with Crippen LogP contribution in [-0.4, -0.2) is 49.1 Å². The Labute approximate surface area is 231 Å². The van der Waals surface area contributed by atoms with Crippen LogP contribution in [0.4, 0.5) is 0 Å². The van der Waals surface area contributed by atoms with Crippen LogP contribution in [0.15, 0.2) is 53.4 Å². The summed E-state index contributed by atoms with van der Waals surface area (Å²) in [5.74, 6) is 1.12. The van der Waals surface area contributed by atoms with Gasteiger partial charge in [0.2, 0.25) is 16.8 Å². The third-order valence-corrected chi connectivity index (χ3v) is 8.16. The van der Waals surface area contributed by atoms with E-state index < -0.39 is 28.2 Å². The molecule has 1 fully saturated rings. The minimum absolute atomic E-state index is 0.0618. The van der Waals surface area contributed by atoms with E-state index in [4.69, 9.17) is 33.7 Å². The van der Waals surface area contributed by atoms with Crippen LogP contribution in [0.2, 0.25) is 0 Å². The molecule has 0 spiro atoms. The number of rotatable bonds is 10. The quantitative estimate of drug-likeness (QED) is 0.286. The summed E-state index contributed by atoms with van der Waals surface area (Å²) in [5, 5.41) is 8.96. The van der Waals surface area contributed by atoms with Gasteiger partial charge in [0.1, 0.15) is 17.8 Å². The van der Waals surface area contributed by atoms with Gasteiger partial charge in [-0.05, 0) is 60.0 Å². The second-order valence-electron chi connectivity index (χ2n) is 8.92. The molecule has 11 nitrogen and oxygen atoms in total. The van der Waals surface area contributed by atoms with Gasteiger partial charge in [-0.3, -0.25) is 0 Å². The molecule has 40 heavy (non-hydrogen) atoms. The molecule has 2 atom stereocenters. The Morgan fingerprint density at radius 3 is 2.35 bits per heavy atom. The molecule has 0 aliphatic carbocycles. The molecule has 0 unspecified atom stereocenters. The normalized spacial score (nSPS) is 17.1. The lowest BCUT2D eigenvalue weighted by Crippen LogP contribution is -2.26. The van der Waals surface area contributed by atoms with Crippen molar-refractivity contribution in [2.24, 2.45) is 0 Å². The number of carbonyl (C=O) groups excluding carboxylic acids is 1. The Morgan fingerprint density at radius 1 is 1.00 bits per heavy atom. The number of hydrogen-bond donors (Lipinski definition) is 1. The Hall–Kier alpha value is -4.31. The topological polar surface area (TPSA) is 146 Å². The zero-order chi connectivity index (χ0) is 28.4. The maximum absolute atomic E-state index is 12.8. The molecule has 2 aliphatic rings. The molecule has 3 aromatic rings. The predicted octanol–water partition coefficient (Wildman–Crippen LogP) is 3.42. The van der Waals surface area contributed by atoms with E-state index in [2.05, 4.69) is 4.72 Å². The Kier molecular flexibility index (Phi) is 7.53. The van der Waals surface area contributed by atoms with Gasteiger partial charge in [-0.2, -0.15) is 5.26 Å². The largest absolute Gasteiger partial charge is 0.493 e. The number of carbonyl (C=O) groups is 1. The maximum Gasteiger partial charge on any atom is 0.342 e. The van der Waals surface area contributed by atoms with Gasteiger partial charge in [0.15, 0.2) is 23.0 Å². The van der Waals surface area contributed by atoms with E-state index in [1.54, 1.807) is 12.1 Å². The van der Waals surface area contributed by atoms with Crippen LogP contribution < -0.4 is 23.7 Å². The van der Waals surface area contributed by atoms with Crippen LogP contribution in [0.5, 0.6) is 23.0 Å². The van der Waals surface area contributed by atoms with E-state index in [0.29, 0.717) is 34.8 Å². The first-order valence-corrected chi connectivity index (χ1v) is 13.7.